The Morgan fingerprint density at radius 1 is 1.06 bits per heavy atom. The third-order valence-electron chi connectivity index (χ3n) is 2.69. The van der Waals surface area contributed by atoms with Crippen LogP contribution in [0.2, 0.25) is 0 Å². The Kier molecular flexibility index (Phi) is 3.24. The maximum absolute atomic E-state index is 10.5. The first-order valence-electron chi connectivity index (χ1n) is 5.63. The molecule has 0 saturated carbocycles. The number of hydrogen-bond donors (Lipinski definition) is 1. The van der Waals surface area contributed by atoms with Gasteiger partial charge in [0.1, 0.15) is 0 Å². The summed E-state index contributed by atoms with van der Waals surface area (Å²) in [6, 6.07) is 15.5. The van der Waals surface area contributed by atoms with E-state index in [1.807, 2.05) is 13.0 Å². The summed E-state index contributed by atoms with van der Waals surface area (Å²) in [4.78, 5) is 10.5. The zero-order chi connectivity index (χ0) is 12.3. The van der Waals surface area contributed by atoms with Crippen molar-refractivity contribution in [2.75, 3.05) is 0 Å². The van der Waals surface area contributed by atoms with Crippen LogP contribution in [-0.4, -0.2) is 11.1 Å². The number of carboxylic acid groups (broad SMARTS) is 1. The number of carbonyl (C=O) groups is 1. The Labute approximate surface area is 101 Å². The Balaban J connectivity index is 0.000000148. The normalized spacial score (nSPS) is 10.2. The molecule has 2 nitrogen and oxygen atoms in total. The molecular weight excluding hydrogens is 212 g/mol. The highest BCUT2D eigenvalue weighted by Crippen LogP contribution is 2.32. The molecule has 0 aliphatic heterocycles. The summed E-state index contributed by atoms with van der Waals surface area (Å²) in [6.45, 7) is 2.00. The van der Waals surface area contributed by atoms with Crippen molar-refractivity contribution in [3.8, 4) is 11.1 Å². The molecule has 1 aromatic carbocycles. The number of aromatic carboxylic acids is 1. The molecule has 2 heteroatoms. The molecule has 0 aromatic heterocycles. The van der Waals surface area contributed by atoms with Crippen molar-refractivity contribution in [3.63, 3.8) is 0 Å². The summed E-state index contributed by atoms with van der Waals surface area (Å²) in [6.07, 6.45) is 0.876. The highest BCUT2D eigenvalue weighted by Gasteiger charge is 2.07. The van der Waals surface area contributed by atoms with E-state index in [1.54, 1.807) is 18.2 Å². The van der Waals surface area contributed by atoms with Crippen LogP contribution in [0.4, 0.5) is 0 Å². The Morgan fingerprint density at radius 3 is 2.12 bits per heavy atom. The quantitative estimate of drug-likeness (QED) is 0.724. The van der Waals surface area contributed by atoms with Gasteiger partial charge in [-0.1, -0.05) is 37.3 Å². The Hall–Kier alpha value is -2.09. The van der Waals surface area contributed by atoms with Crippen LogP contribution in [0.25, 0.3) is 11.1 Å². The molecule has 1 aromatic rings. The van der Waals surface area contributed by atoms with Gasteiger partial charge in [-0.25, -0.2) is 4.79 Å². The smallest absolute Gasteiger partial charge is 0.335 e. The maximum Gasteiger partial charge on any atom is 0.335 e. The third-order valence-corrected chi connectivity index (χ3v) is 2.69. The fraction of sp³-hybridized carbons (Fsp3) is 0.133. The van der Waals surface area contributed by atoms with Gasteiger partial charge < -0.3 is 5.11 Å². The number of hydrogen-bond acceptors (Lipinski definition) is 1. The Morgan fingerprint density at radius 2 is 1.71 bits per heavy atom. The summed E-state index contributed by atoms with van der Waals surface area (Å²) in [5.74, 6) is -0.861. The molecule has 0 unspecified atom stereocenters. The third kappa shape index (κ3) is 2.94. The summed E-state index contributed by atoms with van der Waals surface area (Å²) in [5, 5.41) is 8.60. The van der Waals surface area contributed by atoms with Crippen molar-refractivity contribution in [1.82, 2.24) is 0 Å². The van der Waals surface area contributed by atoms with Gasteiger partial charge >= 0.3 is 5.97 Å². The van der Waals surface area contributed by atoms with Crippen molar-refractivity contribution in [2.24, 2.45) is 0 Å². The van der Waals surface area contributed by atoms with Crippen LogP contribution in [0.5, 0.6) is 0 Å². The maximum atomic E-state index is 10.5. The lowest BCUT2D eigenvalue weighted by atomic mass is 10.1. The van der Waals surface area contributed by atoms with Gasteiger partial charge in [-0.05, 0) is 41.3 Å². The molecule has 0 radical (unpaired) electrons. The van der Waals surface area contributed by atoms with Crippen molar-refractivity contribution >= 4 is 5.97 Å². The summed E-state index contributed by atoms with van der Waals surface area (Å²) >= 11 is 0. The second kappa shape index (κ2) is 4.83. The average molecular weight is 226 g/mol. The molecule has 0 saturated heterocycles. The molecule has 86 valence electrons. The van der Waals surface area contributed by atoms with Crippen molar-refractivity contribution in [3.05, 3.63) is 59.7 Å². The van der Waals surface area contributed by atoms with Crippen LogP contribution in [0.15, 0.2) is 48.5 Å². The van der Waals surface area contributed by atoms with Gasteiger partial charge in [0, 0.05) is 0 Å². The van der Waals surface area contributed by atoms with Gasteiger partial charge in [0.15, 0.2) is 0 Å². The van der Waals surface area contributed by atoms with Crippen molar-refractivity contribution in [1.29, 1.82) is 0 Å². The average Bonchev–Trinajstić information content (AvgIpc) is 2.97. The summed E-state index contributed by atoms with van der Waals surface area (Å²) in [5.41, 5.74) is 4.28. The standard InChI is InChI=1S/C9H10O2.C6H4/c1-2-7-4-3-5-8(6-7)9(10)11;1-2-5-4-6(5)3-1/h3-6H,2H2,1H3,(H,10,11);1-4H. The van der Waals surface area contributed by atoms with Crippen LogP contribution < -0.4 is 0 Å². The predicted molar refractivity (Wildman–Crippen MR) is 68.2 cm³/mol. The summed E-state index contributed by atoms with van der Waals surface area (Å²) in [7, 11) is 0. The van der Waals surface area contributed by atoms with Crippen LogP contribution >= 0.6 is 0 Å². The van der Waals surface area contributed by atoms with Gasteiger partial charge in [-0.3, -0.25) is 0 Å². The van der Waals surface area contributed by atoms with Crippen LogP contribution in [0, 0.1) is 0 Å². The lowest BCUT2D eigenvalue weighted by molar-refractivity contribution is 0.0697. The predicted octanol–water partition coefficient (Wildman–Crippen LogP) is 3.61. The van der Waals surface area contributed by atoms with Crippen LogP contribution in [-0.2, 0) is 6.42 Å². The fourth-order valence-electron chi connectivity index (χ4n) is 1.60. The second-order valence-corrected chi connectivity index (χ2v) is 3.94. The Bertz CT molecular complexity index is 527. The van der Waals surface area contributed by atoms with Crippen molar-refractivity contribution in [2.45, 2.75) is 13.3 Å². The zero-order valence-corrected chi connectivity index (χ0v) is 9.68. The SMILES string of the molecule is CCc1cccc(C(=O)O)c1.c1cc2cc-2c1. The molecule has 3 rings (SSSR count). The first-order valence-corrected chi connectivity index (χ1v) is 5.63. The first kappa shape index (κ1) is 11.4. The first-order chi connectivity index (χ1) is 8.20. The highest BCUT2D eigenvalue weighted by atomic mass is 16.4. The van der Waals surface area contributed by atoms with E-state index in [-0.39, 0.29) is 0 Å². The molecule has 0 fully saturated rings. The summed E-state index contributed by atoms with van der Waals surface area (Å²) < 4.78 is 0. The fourth-order valence-corrected chi connectivity index (χ4v) is 1.60. The van der Waals surface area contributed by atoms with E-state index >= 15 is 0 Å². The van der Waals surface area contributed by atoms with Gasteiger partial charge in [0.2, 0.25) is 0 Å². The lowest BCUT2D eigenvalue weighted by Gasteiger charge is -1.97. The largest absolute Gasteiger partial charge is 0.478 e. The molecule has 1 N–H and O–H groups in total. The van der Waals surface area contributed by atoms with E-state index in [4.69, 9.17) is 5.11 Å². The molecule has 17 heavy (non-hydrogen) atoms. The zero-order valence-electron chi connectivity index (χ0n) is 9.68. The van der Waals surface area contributed by atoms with E-state index in [0.29, 0.717) is 5.56 Å². The highest BCUT2D eigenvalue weighted by molar-refractivity contribution is 5.87. The van der Waals surface area contributed by atoms with Crippen LogP contribution in [0.3, 0.4) is 0 Å². The van der Waals surface area contributed by atoms with E-state index in [9.17, 15) is 4.79 Å². The number of carboxylic acids is 1. The topological polar surface area (TPSA) is 37.3 Å². The monoisotopic (exact) mass is 226 g/mol. The van der Waals surface area contributed by atoms with Gasteiger partial charge in [-0.2, -0.15) is 0 Å². The number of fused-ring (bicyclic) bond motifs is 1. The minimum Gasteiger partial charge on any atom is -0.478 e. The van der Waals surface area contributed by atoms with E-state index < -0.39 is 5.97 Å². The molecule has 0 spiro atoms. The van der Waals surface area contributed by atoms with Gasteiger partial charge in [-0.15, -0.1) is 0 Å². The number of aryl methyl sites for hydroxylation is 1. The molecule has 0 atom stereocenters. The number of benzene rings is 2. The van der Waals surface area contributed by atoms with Crippen molar-refractivity contribution < 1.29 is 9.90 Å². The van der Waals surface area contributed by atoms with E-state index in [2.05, 4.69) is 24.3 Å². The van der Waals surface area contributed by atoms with Gasteiger partial charge in [0.25, 0.3) is 0 Å². The van der Waals surface area contributed by atoms with Gasteiger partial charge in [0.05, 0.1) is 5.56 Å². The number of rotatable bonds is 2. The van der Waals surface area contributed by atoms with E-state index in [1.165, 1.54) is 11.1 Å². The molecule has 0 amide bonds. The molecule has 0 heterocycles. The minimum absolute atomic E-state index is 0.365. The molecule has 2 aliphatic carbocycles. The lowest BCUT2D eigenvalue weighted by Crippen LogP contribution is -1.96. The second-order valence-electron chi connectivity index (χ2n) is 3.94. The molecule has 0 bridgehead atoms. The van der Waals surface area contributed by atoms with E-state index in [0.717, 1.165) is 12.0 Å². The van der Waals surface area contributed by atoms with Crippen LogP contribution in [0.1, 0.15) is 22.8 Å². The molecular formula is C15H14O2. The minimum atomic E-state index is -0.861. The molecule has 2 aliphatic rings.